The van der Waals surface area contributed by atoms with E-state index in [-0.39, 0.29) is 30.1 Å². The van der Waals surface area contributed by atoms with Crippen LogP contribution < -0.4 is 5.32 Å². The molecule has 0 spiro atoms. The van der Waals surface area contributed by atoms with E-state index in [0.717, 1.165) is 56.6 Å². The number of carbonyl (C=O) groups is 2. The zero-order valence-corrected chi connectivity index (χ0v) is 20.9. The predicted molar refractivity (Wildman–Crippen MR) is 135 cm³/mol. The Kier molecular flexibility index (Phi) is 8.79. The molecule has 1 aromatic carbocycles. The average Bonchev–Trinajstić information content (AvgIpc) is 3.30. The van der Waals surface area contributed by atoms with Gasteiger partial charge in [-0.25, -0.2) is 0 Å². The third-order valence-electron chi connectivity index (χ3n) is 7.41. The minimum Gasteiger partial charge on any atom is -0.361 e. The number of hydrogen-bond acceptors (Lipinski definition) is 4. The summed E-state index contributed by atoms with van der Waals surface area (Å²) in [7, 11) is 2.19. The fourth-order valence-electron chi connectivity index (χ4n) is 4.96. The van der Waals surface area contributed by atoms with Crippen LogP contribution in [0.5, 0.6) is 0 Å². The van der Waals surface area contributed by atoms with Gasteiger partial charge in [0.05, 0.1) is 0 Å². The first-order chi connectivity index (χ1) is 15.5. The van der Waals surface area contributed by atoms with Gasteiger partial charge in [-0.3, -0.25) is 14.5 Å². The highest BCUT2D eigenvalue weighted by Crippen LogP contribution is 2.20. The Hall–Kier alpha value is -2.09. The van der Waals surface area contributed by atoms with E-state index in [1.165, 1.54) is 12.8 Å². The third kappa shape index (κ3) is 5.89. The topological polar surface area (TPSA) is 71.7 Å². The molecule has 2 N–H and O–H groups in total. The zero-order valence-electron chi connectivity index (χ0n) is 20.0. The molecule has 2 fully saturated rings. The summed E-state index contributed by atoms with van der Waals surface area (Å²) in [5, 5.41) is 4.12. The molecular weight excluding hydrogens is 438 g/mol. The van der Waals surface area contributed by atoms with Crippen LogP contribution in [0.25, 0.3) is 10.9 Å². The highest BCUT2D eigenvalue weighted by Gasteiger charge is 2.33. The minimum absolute atomic E-state index is 0. The summed E-state index contributed by atoms with van der Waals surface area (Å²) in [6, 6.07) is 7.72. The number of nitrogens with zero attached hydrogens (tertiary/aromatic N) is 3. The van der Waals surface area contributed by atoms with Gasteiger partial charge < -0.3 is 20.1 Å². The van der Waals surface area contributed by atoms with Crippen LogP contribution in [0.4, 0.5) is 0 Å². The smallest absolute Gasteiger partial charge is 0.252 e. The molecule has 7 nitrogen and oxygen atoms in total. The van der Waals surface area contributed by atoms with Gasteiger partial charge in [-0.2, -0.15) is 0 Å². The van der Waals surface area contributed by atoms with E-state index in [2.05, 4.69) is 34.1 Å². The van der Waals surface area contributed by atoms with Crippen molar-refractivity contribution >= 4 is 35.1 Å². The monoisotopic (exact) mass is 475 g/mol. The molecule has 2 aliphatic heterocycles. The van der Waals surface area contributed by atoms with Crippen molar-refractivity contribution in [1.29, 1.82) is 0 Å². The molecule has 8 heteroatoms. The summed E-state index contributed by atoms with van der Waals surface area (Å²) in [4.78, 5) is 36.5. The number of rotatable bonds is 6. The van der Waals surface area contributed by atoms with E-state index in [4.69, 9.17) is 0 Å². The lowest BCUT2D eigenvalue weighted by molar-refractivity contribution is -0.136. The Labute approximate surface area is 203 Å². The van der Waals surface area contributed by atoms with Gasteiger partial charge in [0, 0.05) is 49.5 Å². The number of hydrogen-bond donors (Lipinski definition) is 2. The van der Waals surface area contributed by atoms with Crippen molar-refractivity contribution in [2.24, 2.45) is 5.92 Å². The Morgan fingerprint density at radius 3 is 2.45 bits per heavy atom. The van der Waals surface area contributed by atoms with Gasteiger partial charge >= 0.3 is 0 Å². The summed E-state index contributed by atoms with van der Waals surface area (Å²) in [6.07, 6.45) is 5.12. The average molecular weight is 476 g/mol. The molecule has 4 rings (SSSR count). The Balaban J connectivity index is 0.00000306. The van der Waals surface area contributed by atoms with Gasteiger partial charge in [0.15, 0.2) is 0 Å². The largest absolute Gasteiger partial charge is 0.361 e. The Bertz CT molecular complexity index is 932. The van der Waals surface area contributed by atoms with Gasteiger partial charge in [0.2, 0.25) is 5.91 Å². The molecule has 2 aromatic rings. The van der Waals surface area contributed by atoms with Gasteiger partial charge in [0.25, 0.3) is 5.91 Å². The van der Waals surface area contributed by atoms with Crippen LogP contribution in [0.3, 0.4) is 0 Å². The number of piperazine rings is 1. The molecule has 0 unspecified atom stereocenters. The third-order valence-corrected chi connectivity index (χ3v) is 7.41. The number of piperidine rings is 1. The standard InChI is InChI=1S/C25H37N5O2.ClH/c1-4-18(2)23(27-24(31)20-6-5-19-7-10-26-22(19)17-20)25(32)30-15-13-29(14-16-30)21-8-11-28(3)12-9-21;/h5-7,10,17-18,21,23,26H,4,8-9,11-16H2,1-3H3,(H,27,31);1H/t18-,23-;/m1./s1. The van der Waals surface area contributed by atoms with Crippen LogP contribution in [0.1, 0.15) is 43.5 Å². The number of likely N-dealkylation sites (tertiary alicyclic amines) is 1. The number of carbonyl (C=O) groups excluding carboxylic acids is 2. The summed E-state index contributed by atoms with van der Waals surface area (Å²) >= 11 is 0. The van der Waals surface area contributed by atoms with Crippen LogP contribution >= 0.6 is 12.4 Å². The normalized spacial score (nSPS) is 20.3. The molecule has 2 saturated heterocycles. The SMILES string of the molecule is CC[C@@H](C)[C@@H](NC(=O)c1ccc2cc[nH]c2c1)C(=O)N1CCN(C2CCN(C)CC2)CC1.Cl. The highest BCUT2D eigenvalue weighted by atomic mass is 35.5. The fourth-order valence-corrected chi connectivity index (χ4v) is 4.96. The van der Waals surface area contributed by atoms with E-state index >= 15 is 0 Å². The highest BCUT2D eigenvalue weighted by molar-refractivity contribution is 6.00. The first kappa shape index (κ1) is 25.5. The predicted octanol–water partition coefficient (Wildman–Crippen LogP) is 2.97. The number of H-pyrrole nitrogens is 1. The van der Waals surface area contributed by atoms with Gasteiger partial charge in [-0.05, 0) is 62.5 Å². The second-order valence-electron chi connectivity index (χ2n) is 9.51. The maximum absolute atomic E-state index is 13.4. The van der Waals surface area contributed by atoms with E-state index in [0.29, 0.717) is 11.6 Å². The quantitative estimate of drug-likeness (QED) is 0.673. The lowest BCUT2D eigenvalue weighted by Crippen LogP contribution is -2.58. The molecule has 3 heterocycles. The molecule has 182 valence electrons. The summed E-state index contributed by atoms with van der Waals surface area (Å²) in [5.74, 6) is -0.0608. The molecule has 0 radical (unpaired) electrons. The molecule has 0 bridgehead atoms. The lowest BCUT2D eigenvalue weighted by atomic mass is 9.96. The van der Waals surface area contributed by atoms with Gasteiger partial charge in [-0.15, -0.1) is 12.4 Å². The van der Waals surface area contributed by atoms with E-state index < -0.39 is 6.04 Å². The number of benzene rings is 1. The second kappa shape index (κ2) is 11.4. The van der Waals surface area contributed by atoms with Crippen molar-refractivity contribution in [2.75, 3.05) is 46.3 Å². The maximum atomic E-state index is 13.4. The summed E-state index contributed by atoms with van der Waals surface area (Å²) < 4.78 is 0. The van der Waals surface area contributed by atoms with Crippen LogP contribution in [0, 0.1) is 5.92 Å². The number of nitrogens with one attached hydrogen (secondary N) is 2. The van der Waals surface area contributed by atoms with Gasteiger partial charge in [0.1, 0.15) is 6.04 Å². The number of fused-ring (bicyclic) bond motifs is 1. The minimum atomic E-state index is -0.498. The Morgan fingerprint density at radius 2 is 1.79 bits per heavy atom. The van der Waals surface area contributed by atoms with E-state index in [1.807, 2.05) is 42.3 Å². The summed E-state index contributed by atoms with van der Waals surface area (Å²) in [5.41, 5.74) is 1.50. The van der Waals surface area contributed by atoms with Crippen LogP contribution in [0.15, 0.2) is 30.5 Å². The van der Waals surface area contributed by atoms with Crippen molar-refractivity contribution in [3.05, 3.63) is 36.0 Å². The Morgan fingerprint density at radius 1 is 1.09 bits per heavy atom. The first-order valence-corrected chi connectivity index (χ1v) is 12.1. The van der Waals surface area contributed by atoms with Crippen molar-refractivity contribution in [1.82, 2.24) is 25.0 Å². The van der Waals surface area contributed by atoms with Crippen molar-refractivity contribution in [2.45, 2.75) is 45.2 Å². The van der Waals surface area contributed by atoms with Crippen LogP contribution in [0.2, 0.25) is 0 Å². The van der Waals surface area contributed by atoms with Crippen molar-refractivity contribution in [3.63, 3.8) is 0 Å². The number of amides is 2. The lowest BCUT2D eigenvalue weighted by Gasteiger charge is -2.43. The van der Waals surface area contributed by atoms with E-state index in [9.17, 15) is 9.59 Å². The second-order valence-corrected chi connectivity index (χ2v) is 9.51. The van der Waals surface area contributed by atoms with E-state index in [1.54, 1.807) is 0 Å². The maximum Gasteiger partial charge on any atom is 0.252 e. The molecule has 0 aliphatic carbocycles. The van der Waals surface area contributed by atoms with Crippen LogP contribution in [-0.2, 0) is 4.79 Å². The molecule has 0 saturated carbocycles. The number of aromatic amines is 1. The first-order valence-electron chi connectivity index (χ1n) is 12.1. The number of halogens is 1. The molecule has 2 atom stereocenters. The number of aromatic nitrogens is 1. The van der Waals surface area contributed by atoms with Crippen molar-refractivity contribution < 1.29 is 9.59 Å². The molecule has 1 aromatic heterocycles. The summed E-state index contributed by atoms with van der Waals surface area (Å²) in [6.45, 7) is 9.74. The molecule has 33 heavy (non-hydrogen) atoms. The molecule has 2 amide bonds. The molecule has 2 aliphatic rings. The molecular formula is C25H38ClN5O2. The van der Waals surface area contributed by atoms with Crippen LogP contribution in [-0.4, -0.2) is 89.9 Å². The zero-order chi connectivity index (χ0) is 22.7. The fraction of sp³-hybridized carbons (Fsp3) is 0.600. The van der Waals surface area contributed by atoms with Gasteiger partial charge in [-0.1, -0.05) is 26.3 Å². The van der Waals surface area contributed by atoms with Crippen molar-refractivity contribution in [3.8, 4) is 0 Å².